The van der Waals surface area contributed by atoms with Gasteiger partial charge in [0.15, 0.2) is 0 Å². The lowest BCUT2D eigenvalue weighted by Gasteiger charge is -2.12. The molecule has 0 bridgehead atoms. The highest BCUT2D eigenvalue weighted by Crippen LogP contribution is 2.19. The fourth-order valence-corrected chi connectivity index (χ4v) is 1.51. The van der Waals surface area contributed by atoms with Crippen LogP contribution in [-0.2, 0) is 4.79 Å². The van der Waals surface area contributed by atoms with Gasteiger partial charge in [0.2, 0.25) is 0 Å². The number of aliphatic carboxylic acids is 1. The number of carboxylic acid groups (broad SMARTS) is 1. The summed E-state index contributed by atoms with van der Waals surface area (Å²) < 4.78 is 0. The van der Waals surface area contributed by atoms with Gasteiger partial charge in [-0.1, -0.05) is 39.3 Å². The summed E-state index contributed by atoms with van der Waals surface area (Å²) in [5.74, 6) is -0.919. The topological polar surface area (TPSA) is 69.9 Å². The zero-order valence-corrected chi connectivity index (χ0v) is 8.94. The highest BCUT2D eigenvalue weighted by molar-refractivity contribution is 9.10. The molecule has 0 radical (unpaired) electrons. The second-order valence-electron chi connectivity index (χ2n) is 2.88. The van der Waals surface area contributed by atoms with Crippen molar-refractivity contribution in [2.75, 3.05) is 0 Å². The van der Waals surface area contributed by atoms with Gasteiger partial charge < -0.3 is 10.3 Å². The van der Waals surface area contributed by atoms with E-state index in [1.54, 1.807) is 6.08 Å². The molecule has 0 aromatic rings. The first-order valence-electron chi connectivity index (χ1n) is 4.09. The van der Waals surface area contributed by atoms with Crippen molar-refractivity contribution in [3.8, 4) is 0 Å². The van der Waals surface area contributed by atoms with Gasteiger partial charge in [-0.15, -0.1) is 0 Å². The molecule has 0 saturated carbocycles. The number of hydrogen-bond acceptors (Lipinski definition) is 3. The van der Waals surface area contributed by atoms with E-state index in [1.807, 2.05) is 12.2 Å². The molecule has 14 heavy (non-hydrogen) atoms. The second kappa shape index (κ2) is 4.95. The predicted molar refractivity (Wildman–Crippen MR) is 56.0 cm³/mol. The van der Waals surface area contributed by atoms with E-state index in [4.69, 9.17) is 10.3 Å². The molecule has 1 rings (SSSR count). The molecule has 1 unspecified atom stereocenters. The van der Waals surface area contributed by atoms with E-state index >= 15 is 0 Å². The van der Waals surface area contributed by atoms with E-state index in [0.29, 0.717) is 18.6 Å². The Bertz CT molecular complexity index is 320. The van der Waals surface area contributed by atoms with Crippen molar-refractivity contribution in [2.45, 2.75) is 17.7 Å². The molecule has 1 aliphatic rings. The Kier molecular flexibility index (Phi) is 3.88. The number of hydrogen-bond donors (Lipinski definition) is 2. The first kappa shape index (κ1) is 11.0. The number of halogens is 1. The molecule has 0 spiro atoms. The molecule has 0 aliphatic heterocycles. The lowest BCUT2D eigenvalue weighted by atomic mass is 9.98. The van der Waals surface area contributed by atoms with Gasteiger partial charge in [0.1, 0.15) is 4.83 Å². The van der Waals surface area contributed by atoms with Crippen LogP contribution in [-0.4, -0.2) is 26.8 Å². The van der Waals surface area contributed by atoms with Crippen LogP contribution in [0.15, 0.2) is 29.0 Å². The average Bonchev–Trinajstić information content (AvgIpc) is 2.18. The second-order valence-corrected chi connectivity index (χ2v) is 3.99. The summed E-state index contributed by atoms with van der Waals surface area (Å²) in [6.07, 6.45) is 6.30. The SMILES string of the molecule is O=C(O)C(Br)CC1=CC=CCC1=NO. The standard InChI is InChI=1S/C9H10BrNO3/c10-7(9(12)13)5-6-3-1-2-4-8(6)11-14/h1-3,7,14H,4-5H2,(H,12,13). The maximum Gasteiger partial charge on any atom is 0.317 e. The number of rotatable bonds is 3. The van der Waals surface area contributed by atoms with Crippen LogP contribution in [0.1, 0.15) is 12.8 Å². The molecule has 0 fully saturated rings. The fourth-order valence-electron chi connectivity index (χ4n) is 1.16. The minimum Gasteiger partial charge on any atom is -0.480 e. The average molecular weight is 260 g/mol. The Morgan fingerprint density at radius 2 is 2.43 bits per heavy atom. The van der Waals surface area contributed by atoms with Gasteiger partial charge in [0.25, 0.3) is 0 Å². The van der Waals surface area contributed by atoms with E-state index in [2.05, 4.69) is 21.1 Å². The molecule has 4 nitrogen and oxygen atoms in total. The lowest BCUT2D eigenvalue weighted by molar-refractivity contribution is -0.136. The van der Waals surface area contributed by atoms with Crippen LogP contribution in [0.3, 0.4) is 0 Å². The van der Waals surface area contributed by atoms with Crippen LogP contribution in [0.25, 0.3) is 0 Å². The number of oxime groups is 1. The van der Waals surface area contributed by atoms with Gasteiger partial charge in [0, 0.05) is 6.42 Å². The van der Waals surface area contributed by atoms with Crippen molar-refractivity contribution in [3.63, 3.8) is 0 Å². The Labute approximate surface area is 89.7 Å². The molecule has 5 heteroatoms. The molecule has 0 aromatic carbocycles. The quantitative estimate of drug-likeness (QED) is 0.463. The number of alkyl halides is 1. The minimum absolute atomic E-state index is 0.319. The summed E-state index contributed by atoms with van der Waals surface area (Å²) in [6, 6.07) is 0. The Balaban J connectivity index is 2.71. The summed E-state index contributed by atoms with van der Waals surface area (Å²) in [5, 5.41) is 20.5. The van der Waals surface area contributed by atoms with Crippen molar-refractivity contribution in [1.82, 2.24) is 0 Å². The summed E-state index contributed by atoms with van der Waals surface area (Å²) in [7, 11) is 0. The molecule has 76 valence electrons. The maximum atomic E-state index is 10.6. The number of carbonyl (C=O) groups is 1. The van der Waals surface area contributed by atoms with Crippen molar-refractivity contribution < 1.29 is 15.1 Å². The molecule has 1 atom stereocenters. The predicted octanol–water partition coefficient (Wildman–Crippen LogP) is 1.94. The molecule has 0 saturated heterocycles. The normalized spacial score (nSPS) is 20.6. The number of carboxylic acids is 1. The minimum atomic E-state index is -0.919. The smallest absolute Gasteiger partial charge is 0.317 e. The Morgan fingerprint density at radius 1 is 1.71 bits per heavy atom. The van der Waals surface area contributed by atoms with Crippen molar-refractivity contribution in [3.05, 3.63) is 23.8 Å². The van der Waals surface area contributed by atoms with E-state index in [9.17, 15) is 4.79 Å². The van der Waals surface area contributed by atoms with Crippen molar-refractivity contribution >= 4 is 27.6 Å². The highest BCUT2D eigenvalue weighted by atomic mass is 79.9. The van der Waals surface area contributed by atoms with Crippen LogP contribution in [0.2, 0.25) is 0 Å². The molecule has 0 aromatic heterocycles. The highest BCUT2D eigenvalue weighted by Gasteiger charge is 2.18. The van der Waals surface area contributed by atoms with E-state index < -0.39 is 10.8 Å². The molecule has 0 heterocycles. The van der Waals surface area contributed by atoms with Crippen LogP contribution in [0.4, 0.5) is 0 Å². The third kappa shape index (κ3) is 2.70. The van der Waals surface area contributed by atoms with E-state index in [-0.39, 0.29) is 0 Å². The number of nitrogens with zero attached hydrogens (tertiary/aromatic N) is 1. The van der Waals surface area contributed by atoms with Gasteiger partial charge >= 0.3 is 5.97 Å². The zero-order valence-electron chi connectivity index (χ0n) is 7.35. The third-order valence-electron chi connectivity index (χ3n) is 1.90. The van der Waals surface area contributed by atoms with Gasteiger partial charge in [-0.2, -0.15) is 0 Å². The van der Waals surface area contributed by atoms with Crippen LogP contribution in [0, 0.1) is 0 Å². The Hall–Kier alpha value is -1.10. The van der Waals surface area contributed by atoms with Crippen LogP contribution in [0.5, 0.6) is 0 Å². The van der Waals surface area contributed by atoms with Crippen LogP contribution >= 0.6 is 15.9 Å². The summed E-state index contributed by atoms with van der Waals surface area (Å²) in [6.45, 7) is 0. The molecule has 0 amide bonds. The summed E-state index contributed by atoms with van der Waals surface area (Å²) >= 11 is 3.03. The maximum absolute atomic E-state index is 10.6. The summed E-state index contributed by atoms with van der Waals surface area (Å²) in [5.41, 5.74) is 1.28. The van der Waals surface area contributed by atoms with Gasteiger partial charge in [-0.25, -0.2) is 0 Å². The molecular weight excluding hydrogens is 250 g/mol. The van der Waals surface area contributed by atoms with Gasteiger partial charge in [0.05, 0.1) is 5.71 Å². The first-order valence-corrected chi connectivity index (χ1v) is 5.00. The lowest BCUT2D eigenvalue weighted by Crippen LogP contribution is -2.17. The largest absolute Gasteiger partial charge is 0.480 e. The Morgan fingerprint density at radius 3 is 3.00 bits per heavy atom. The van der Waals surface area contributed by atoms with Crippen LogP contribution < -0.4 is 0 Å². The van der Waals surface area contributed by atoms with Crippen molar-refractivity contribution in [1.29, 1.82) is 0 Å². The molecule has 2 N–H and O–H groups in total. The zero-order chi connectivity index (χ0) is 10.6. The fraction of sp³-hybridized carbons (Fsp3) is 0.333. The summed E-state index contributed by atoms with van der Waals surface area (Å²) in [4.78, 5) is 9.93. The van der Waals surface area contributed by atoms with Gasteiger partial charge in [-0.3, -0.25) is 4.79 Å². The van der Waals surface area contributed by atoms with E-state index in [0.717, 1.165) is 5.57 Å². The molecule has 1 aliphatic carbocycles. The number of allylic oxidation sites excluding steroid dienone is 4. The molecular formula is C9H10BrNO3. The third-order valence-corrected chi connectivity index (χ3v) is 2.62. The van der Waals surface area contributed by atoms with Gasteiger partial charge in [-0.05, 0) is 12.0 Å². The first-order chi connectivity index (χ1) is 6.65. The van der Waals surface area contributed by atoms with Crippen molar-refractivity contribution in [2.24, 2.45) is 5.16 Å². The van der Waals surface area contributed by atoms with E-state index in [1.165, 1.54) is 0 Å². The monoisotopic (exact) mass is 259 g/mol.